The van der Waals surface area contributed by atoms with Crippen LogP contribution in [0.3, 0.4) is 0 Å². The third-order valence-corrected chi connectivity index (χ3v) is 10.2. The van der Waals surface area contributed by atoms with Crippen LogP contribution in [0.2, 0.25) is 15.1 Å². The van der Waals surface area contributed by atoms with E-state index in [1.807, 2.05) is 0 Å². The summed E-state index contributed by atoms with van der Waals surface area (Å²) in [6.45, 7) is 0.143. The van der Waals surface area contributed by atoms with Gasteiger partial charge in [0.15, 0.2) is 0 Å². The van der Waals surface area contributed by atoms with Crippen LogP contribution >= 0.6 is 46.1 Å². The zero-order chi connectivity index (χ0) is 19.1. The molecule has 0 saturated carbocycles. The van der Waals surface area contributed by atoms with E-state index in [-0.39, 0.29) is 50.4 Å². The summed E-state index contributed by atoms with van der Waals surface area (Å²) < 4.78 is 53.4. The molecule has 1 aromatic heterocycles. The third-order valence-electron chi connectivity index (χ3n) is 3.88. The van der Waals surface area contributed by atoms with E-state index in [0.29, 0.717) is 0 Å². The van der Waals surface area contributed by atoms with E-state index in [2.05, 4.69) is 0 Å². The fraction of sp³-hybridized carbons (Fsp3) is 0.286. The molecule has 1 aliphatic rings. The highest BCUT2D eigenvalue weighted by molar-refractivity contribution is 7.91. The fourth-order valence-corrected chi connectivity index (χ4v) is 7.49. The molecule has 12 heteroatoms. The summed E-state index contributed by atoms with van der Waals surface area (Å²) in [4.78, 5) is -0.150. The molecule has 0 radical (unpaired) electrons. The SMILES string of the molecule is O=S(=O)(c1cccs1)N1CCN(S(=O)(=O)c2cc(Cl)c(Cl)cc2Cl)CC1. The first-order valence-electron chi connectivity index (χ1n) is 7.32. The molecule has 1 aromatic carbocycles. The lowest BCUT2D eigenvalue weighted by molar-refractivity contribution is 0.273. The minimum atomic E-state index is -3.92. The number of sulfonamides is 2. The molecule has 0 bridgehead atoms. The second-order valence-corrected chi connectivity index (χ2v) is 11.7. The van der Waals surface area contributed by atoms with E-state index in [1.165, 1.54) is 26.8 Å². The molecule has 0 unspecified atom stereocenters. The predicted octanol–water partition coefficient (Wildman–Crippen LogP) is 3.40. The summed E-state index contributed by atoms with van der Waals surface area (Å²) in [6, 6.07) is 5.66. The van der Waals surface area contributed by atoms with Crippen LogP contribution in [0, 0.1) is 0 Å². The average molecular weight is 476 g/mol. The molecule has 2 aromatic rings. The number of halogens is 3. The Morgan fingerprint density at radius 2 is 1.35 bits per heavy atom. The number of nitrogens with zero attached hydrogens (tertiary/aromatic N) is 2. The normalized spacial score (nSPS) is 17.5. The van der Waals surface area contributed by atoms with E-state index >= 15 is 0 Å². The summed E-state index contributed by atoms with van der Waals surface area (Å²) in [5, 5.41) is 1.88. The minimum absolute atomic E-state index is 0.0174. The van der Waals surface area contributed by atoms with Gasteiger partial charge in [0, 0.05) is 26.2 Å². The largest absolute Gasteiger partial charge is 0.252 e. The maximum atomic E-state index is 12.8. The lowest BCUT2D eigenvalue weighted by atomic mass is 10.4. The van der Waals surface area contributed by atoms with E-state index in [1.54, 1.807) is 11.4 Å². The Hall–Kier alpha value is -0.390. The first kappa shape index (κ1) is 20.3. The lowest BCUT2D eigenvalue weighted by Crippen LogP contribution is -2.50. The van der Waals surface area contributed by atoms with Crippen molar-refractivity contribution in [1.82, 2.24) is 8.61 Å². The van der Waals surface area contributed by atoms with Gasteiger partial charge in [-0.25, -0.2) is 16.8 Å². The number of piperazine rings is 1. The van der Waals surface area contributed by atoms with Gasteiger partial charge < -0.3 is 0 Å². The Balaban J connectivity index is 1.81. The zero-order valence-electron chi connectivity index (χ0n) is 13.1. The molecule has 26 heavy (non-hydrogen) atoms. The number of thiophene rings is 1. The van der Waals surface area contributed by atoms with E-state index < -0.39 is 20.0 Å². The highest BCUT2D eigenvalue weighted by Crippen LogP contribution is 2.33. The van der Waals surface area contributed by atoms with Gasteiger partial charge in [-0.1, -0.05) is 40.9 Å². The molecule has 2 heterocycles. The molecule has 3 rings (SSSR count). The minimum Gasteiger partial charge on any atom is -0.207 e. The third kappa shape index (κ3) is 3.77. The Morgan fingerprint density at radius 3 is 1.88 bits per heavy atom. The van der Waals surface area contributed by atoms with Crippen LogP contribution in [-0.2, 0) is 20.0 Å². The number of benzene rings is 1. The van der Waals surface area contributed by atoms with Crippen molar-refractivity contribution in [2.24, 2.45) is 0 Å². The van der Waals surface area contributed by atoms with E-state index in [0.717, 1.165) is 11.3 Å². The van der Waals surface area contributed by atoms with Gasteiger partial charge in [-0.15, -0.1) is 11.3 Å². The van der Waals surface area contributed by atoms with Gasteiger partial charge in [-0.3, -0.25) is 0 Å². The Kier molecular flexibility index (Phi) is 5.91. The van der Waals surface area contributed by atoms with Gasteiger partial charge in [-0.05, 0) is 23.6 Å². The molecule has 0 amide bonds. The topological polar surface area (TPSA) is 74.8 Å². The number of hydrogen-bond acceptors (Lipinski definition) is 5. The molecule has 142 valence electrons. The van der Waals surface area contributed by atoms with Gasteiger partial charge in [0.25, 0.3) is 10.0 Å². The van der Waals surface area contributed by atoms with E-state index in [4.69, 9.17) is 34.8 Å². The van der Waals surface area contributed by atoms with Crippen molar-refractivity contribution in [3.05, 3.63) is 44.7 Å². The van der Waals surface area contributed by atoms with Crippen molar-refractivity contribution >= 4 is 66.2 Å². The van der Waals surface area contributed by atoms with Gasteiger partial charge in [0.05, 0.1) is 15.1 Å². The van der Waals surface area contributed by atoms with Gasteiger partial charge in [0.1, 0.15) is 9.10 Å². The fourth-order valence-electron chi connectivity index (χ4n) is 2.53. The van der Waals surface area contributed by atoms with Gasteiger partial charge in [0.2, 0.25) is 10.0 Å². The highest BCUT2D eigenvalue weighted by atomic mass is 35.5. The molecule has 0 N–H and O–H groups in total. The second-order valence-electron chi connectivity index (χ2n) is 5.44. The van der Waals surface area contributed by atoms with Crippen molar-refractivity contribution in [3.63, 3.8) is 0 Å². The smallest absolute Gasteiger partial charge is 0.207 e. The molecule has 1 fully saturated rings. The van der Waals surface area contributed by atoms with Crippen LogP contribution in [-0.4, -0.2) is 51.6 Å². The van der Waals surface area contributed by atoms with Crippen LogP contribution < -0.4 is 0 Å². The molecule has 1 aliphatic heterocycles. The maximum absolute atomic E-state index is 12.8. The molecular formula is C14H13Cl3N2O4S3. The van der Waals surface area contributed by atoms with Crippen LogP contribution in [0.25, 0.3) is 0 Å². The van der Waals surface area contributed by atoms with Crippen LogP contribution in [0.5, 0.6) is 0 Å². The van der Waals surface area contributed by atoms with Crippen molar-refractivity contribution in [2.45, 2.75) is 9.10 Å². The van der Waals surface area contributed by atoms with Crippen molar-refractivity contribution in [1.29, 1.82) is 0 Å². The molecule has 6 nitrogen and oxygen atoms in total. The molecule has 0 aliphatic carbocycles. The average Bonchev–Trinajstić information content (AvgIpc) is 3.13. The first-order chi connectivity index (χ1) is 12.1. The summed E-state index contributed by atoms with van der Waals surface area (Å²) in [7, 11) is -7.52. The van der Waals surface area contributed by atoms with Crippen LogP contribution in [0.1, 0.15) is 0 Å². The second kappa shape index (κ2) is 7.56. The predicted molar refractivity (Wildman–Crippen MR) is 103 cm³/mol. The quantitative estimate of drug-likeness (QED) is 0.635. The molecular weight excluding hydrogens is 463 g/mol. The van der Waals surface area contributed by atoms with Crippen molar-refractivity contribution in [2.75, 3.05) is 26.2 Å². The highest BCUT2D eigenvalue weighted by Gasteiger charge is 2.35. The standard InChI is InChI=1S/C14H13Cl3N2O4S3/c15-10-8-12(17)13(9-11(10)16)25(20,21)18-3-5-19(6-4-18)26(22,23)14-2-1-7-24-14/h1-2,7-9H,3-6H2. The Labute approximate surface area is 171 Å². The van der Waals surface area contributed by atoms with Crippen molar-refractivity contribution in [3.8, 4) is 0 Å². The van der Waals surface area contributed by atoms with Gasteiger partial charge in [-0.2, -0.15) is 8.61 Å². The first-order valence-corrected chi connectivity index (χ1v) is 12.2. The number of rotatable bonds is 4. The van der Waals surface area contributed by atoms with Gasteiger partial charge >= 0.3 is 0 Å². The Morgan fingerprint density at radius 1 is 0.808 bits per heavy atom. The number of hydrogen-bond donors (Lipinski definition) is 0. The maximum Gasteiger partial charge on any atom is 0.252 e. The van der Waals surface area contributed by atoms with Crippen LogP contribution in [0.4, 0.5) is 0 Å². The van der Waals surface area contributed by atoms with E-state index in [9.17, 15) is 16.8 Å². The summed E-state index contributed by atoms with van der Waals surface area (Å²) in [6.07, 6.45) is 0. The summed E-state index contributed by atoms with van der Waals surface area (Å²) in [5.74, 6) is 0. The molecule has 0 atom stereocenters. The zero-order valence-corrected chi connectivity index (χ0v) is 17.8. The van der Waals surface area contributed by atoms with Crippen LogP contribution in [0.15, 0.2) is 38.8 Å². The lowest BCUT2D eigenvalue weighted by Gasteiger charge is -2.33. The Bertz CT molecular complexity index is 1020. The monoisotopic (exact) mass is 474 g/mol. The molecule has 0 spiro atoms. The summed E-state index contributed by atoms with van der Waals surface area (Å²) >= 11 is 18.9. The summed E-state index contributed by atoms with van der Waals surface area (Å²) in [5.41, 5.74) is 0. The molecule has 1 saturated heterocycles. The van der Waals surface area contributed by atoms with Crippen molar-refractivity contribution < 1.29 is 16.8 Å².